The Labute approximate surface area is 128 Å². The van der Waals surface area contributed by atoms with Gasteiger partial charge in [-0.15, -0.1) is 0 Å². The molecule has 1 aromatic rings. The molecule has 0 spiro atoms. The third-order valence-electron chi connectivity index (χ3n) is 2.89. The molecule has 6 nitrogen and oxygen atoms in total. The summed E-state index contributed by atoms with van der Waals surface area (Å²) in [4.78, 5) is 22.6. The zero-order valence-corrected chi connectivity index (χ0v) is 13.3. The van der Waals surface area contributed by atoms with Crippen LogP contribution in [0.4, 0.5) is 11.4 Å². The molecule has 0 aromatic heterocycles. The summed E-state index contributed by atoms with van der Waals surface area (Å²) in [5, 5.41) is 16.8. The van der Waals surface area contributed by atoms with E-state index in [4.69, 9.17) is 0 Å². The number of nitrogens with one attached hydrogen (secondary N) is 2. The summed E-state index contributed by atoms with van der Waals surface area (Å²) >= 11 is 1.72. The Morgan fingerprint density at radius 1 is 1.48 bits per heavy atom. The van der Waals surface area contributed by atoms with E-state index < -0.39 is 4.92 Å². The maximum atomic E-state index is 12.0. The Kier molecular flexibility index (Phi) is 7.01. The number of carbonyl (C=O) groups excluding carboxylic acids is 1. The monoisotopic (exact) mass is 311 g/mol. The van der Waals surface area contributed by atoms with E-state index in [0.717, 1.165) is 5.75 Å². The molecule has 116 valence electrons. The number of benzene rings is 1. The quantitative estimate of drug-likeness (QED) is 0.569. The first-order valence-corrected chi connectivity index (χ1v) is 8.18. The molecule has 21 heavy (non-hydrogen) atoms. The highest BCUT2D eigenvalue weighted by Gasteiger charge is 2.17. The van der Waals surface area contributed by atoms with Crippen molar-refractivity contribution >= 4 is 29.0 Å². The molecule has 0 bridgehead atoms. The predicted molar refractivity (Wildman–Crippen MR) is 87.1 cm³/mol. The molecule has 0 aliphatic heterocycles. The molecule has 1 amide bonds. The average Bonchev–Trinajstić information content (AvgIpc) is 2.45. The van der Waals surface area contributed by atoms with Crippen molar-refractivity contribution in [3.8, 4) is 0 Å². The molecular weight excluding hydrogens is 290 g/mol. The number of carbonyl (C=O) groups is 1. The van der Waals surface area contributed by atoms with Crippen LogP contribution in [0.25, 0.3) is 0 Å². The fourth-order valence-corrected chi connectivity index (χ4v) is 2.56. The van der Waals surface area contributed by atoms with Crippen LogP contribution in [0.5, 0.6) is 0 Å². The molecule has 1 rings (SSSR count). The van der Waals surface area contributed by atoms with Gasteiger partial charge in [0.25, 0.3) is 11.6 Å². The minimum absolute atomic E-state index is 0.0818. The maximum absolute atomic E-state index is 12.0. The van der Waals surface area contributed by atoms with Gasteiger partial charge in [-0.1, -0.05) is 6.92 Å². The van der Waals surface area contributed by atoms with Crippen molar-refractivity contribution in [2.45, 2.75) is 13.8 Å². The molecule has 0 fully saturated rings. The Balaban J connectivity index is 2.81. The van der Waals surface area contributed by atoms with Crippen molar-refractivity contribution in [2.75, 3.05) is 30.4 Å². The third-order valence-corrected chi connectivity index (χ3v) is 3.79. The van der Waals surface area contributed by atoms with Gasteiger partial charge in [-0.05, 0) is 37.0 Å². The second kappa shape index (κ2) is 8.51. The minimum atomic E-state index is -0.481. The summed E-state index contributed by atoms with van der Waals surface area (Å²) in [6.07, 6.45) is 2.02. The van der Waals surface area contributed by atoms with Crippen LogP contribution in [0.3, 0.4) is 0 Å². The zero-order valence-electron chi connectivity index (χ0n) is 12.5. The maximum Gasteiger partial charge on any atom is 0.293 e. The third kappa shape index (κ3) is 5.26. The molecule has 0 aliphatic rings. The average molecular weight is 311 g/mol. The van der Waals surface area contributed by atoms with Gasteiger partial charge >= 0.3 is 0 Å². The number of amides is 1. The molecule has 0 heterocycles. The first-order chi connectivity index (χ1) is 9.99. The van der Waals surface area contributed by atoms with Crippen molar-refractivity contribution in [1.29, 1.82) is 0 Å². The lowest BCUT2D eigenvalue weighted by Crippen LogP contribution is -2.29. The second-order valence-electron chi connectivity index (χ2n) is 4.79. The van der Waals surface area contributed by atoms with E-state index in [2.05, 4.69) is 10.6 Å². The summed E-state index contributed by atoms with van der Waals surface area (Å²) in [6.45, 7) is 5.05. The lowest BCUT2D eigenvalue weighted by atomic mass is 10.1. The summed E-state index contributed by atoms with van der Waals surface area (Å²) in [5.41, 5.74) is 0.649. The number of thioether (sulfide) groups is 1. The number of hydrogen-bond donors (Lipinski definition) is 2. The van der Waals surface area contributed by atoms with E-state index in [1.54, 1.807) is 23.9 Å². The number of rotatable bonds is 8. The van der Waals surface area contributed by atoms with E-state index in [-0.39, 0.29) is 11.6 Å². The summed E-state index contributed by atoms with van der Waals surface area (Å²) in [6, 6.07) is 4.48. The molecule has 1 aromatic carbocycles. The van der Waals surface area contributed by atoms with Crippen molar-refractivity contribution in [3.05, 3.63) is 33.9 Å². The van der Waals surface area contributed by atoms with Crippen LogP contribution in [0, 0.1) is 16.0 Å². The molecule has 0 saturated heterocycles. The fourth-order valence-electron chi connectivity index (χ4n) is 1.88. The fraction of sp³-hybridized carbons (Fsp3) is 0.500. The van der Waals surface area contributed by atoms with Gasteiger partial charge in [-0.2, -0.15) is 11.8 Å². The van der Waals surface area contributed by atoms with Crippen LogP contribution in [0.15, 0.2) is 18.2 Å². The Hall–Kier alpha value is -1.76. The lowest BCUT2D eigenvalue weighted by molar-refractivity contribution is -0.384. The first-order valence-electron chi connectivity index (χ1n) is 6.79. The molecule has 1 atom stereocenters. The smallest absolute Gasteiger partial charge is 0.293 e. The van der Waals surface area contributed by atoms with Crippen LogP contribution < -0.4 is 10.6 Å². The summed E-state index contributed by atoms with van der Waals surface area (Å²) in [5.74, 6) is 1.04. The highest BCUT2D eigenvalue weighted by Crippen LogP contribution is 2.25. The van der Waals surface area contributed by atoms with Crippen LogP contribution in [0.1, 0.15) is 24.2 Å². The summed E-state index contributed by atoms with van der Waals surface area (Å²) < 4.78 is 0. The molecule has 0 radical (unpaired) electrons. The number of hydrogen-bond acceptors (Lipinski definition) is 5. The van der Waals surface area contributed by atoms with Gasteiger partial charge in [0, 0.05) is 24.7 Å². The minimum Gasteiger partial charge on any atom is -0.380 e. The van der Waals surface area contributed by atoms with Gasteiger partial charge in [0.2, 0.25) is 0 Å². The van der Waals surface area contributed by atoms with E-state index >= 15 is 0 Å². The van der Waals surface area contributed by atoms with E-state index in [0.29, 0.717) is 30.3 Å². The molecule has 0 saturated carbocycles. The van der Waals surface area contributed by atoms with E-state index in [9.17, 15) is 14.9 Å². The van der Waals surface area contributed by atoms with E-state index in [1.807, 2.05) is 20.1 Å². The molecular formula is C14H21N3O3S. The van der Waals surface area contributed by atoms with Crippen molar-refractivity contribution in [3.63, 3.8) is 0 Å². The number of nitro benzene ring substituents is 1. The van der Waals surface area contributed by atoms with Crippen LogP contribution in [-0.2, 0) is 0 Å². The van der Waals surface area contributed by atoms with Crippen LogP contribution in [-0.4, -0.2) is 35.9 Å². The Morgan fingerprint density at radius 3 is 2.76 bits per heavy atom. The van der Waals surface area contributed by atoms with Crippen molar-refractivity contribution in [1.82, 2.24) is 5.32 Å². The topological polar surface area (TPSA) is 84.3 Å². The van der Waals surface area contributed by atoms with Gasteiger partial charge in [0.05, 0.1) is 4.92 Å². The van der Waals surface area contributed by atoms with Gasteiger partial charge < -0.3 is 10.6 Å². The SMILES string of the molecule is CCNc1ccc(C(=O)NCC(C)CSC)cc1[N+](=O)[O-]. The number of nitrogens with zero attached hydrogens (tertiary/aromatic N) is 1. The standard InChI is InChI=1S/C14H21N3O3S/c1-4-15-12-6-5-11(7-13(12)17(19)20)14(18)16-8-10(2)9-21-3/h5-7,10,15H,4,8-9H2,1-3H3,(H,16,18). The van der Waals surface area contributed by atoms with Gasteiger partial charge in [-0.3, -0.25) is 14.9 Å². The molecule has 0 aliphatic carbocycles. The highest BCUT2D eigenvalue weighted by molar-refractivity contribution is 7.98. The van der Waals surface area contributed by atoms with Crippen LogP contribution >= 0.6 is 11.8 Å². The van der Waals surface area contributed by atoms with E-state index in [1.165, 1.54) is 6.07 Å². The zero-order chi connectivity index (χ0) is 15.8. The molecule has 2 N–H and O–H groups in total. The predicted octanol–water partition coefficient (Wildman–Crippen LogP) is 2.76. The van der Waals surface area contributed by atoms with Crippen LogP contribution in [0.2, 0.25) is 0 Å². The van der Waals surface area contributed by atoms with Gasteiger partial charge in [0.15, 0.2) is 0 Å². The summed E-state index contributed by atoms with van der Waals surface area (Å²) in [7, 11) is 0. The first kappa shape index (κ1) is 17.3. The Morgan fingerprint density at radius 2 is 2.19 bits per heavy atom. The molecule has 7 heteroatoms. The highest BCUT2D eigenvalue weighted by atomic mass is 32.2. The number of nitro groups is 1. The number of anilines is 1. The largest absolute Gasteiger partial charge is 0.380 e. The molecule has 1 unspecified atom stereocenters. The lowest BCUT2D eigenvalue weighted by Gasteiger charge is -2.11. The normalized spacial score (nSPS) is 11.8. The Bertz CT molecular complexity index is 508. The van der Waals surface area contributed by atoms with Gasteiger partial charge in [-0.25, -0.2) is 0 Å². The van der Waals surface area contributed by atoms with Gasteiger partial charge in [0.1, 0.15) is 5.69 Å². The van der Waals surface area contributed by atoms with Crippen molar-refractivity contribution in [2.24, 2.45) is 5.92 Å². The second-order valence-corrected chi connectivity index (χ2v) is 5.70. The van der Waals surface area contributed by atoms with Crippen molar-refractivity contribution < 1.29 is 9.72 Å².